The van der Waals surface area contributed by atoms with Crippen LogP contribution in [0.3, 0.4) is 0 Å². The second kappa shape index (κ2) is 9.06. The molecule has 1 aliphatic carbocycles. The van der Waals surface area contributed by atoms with Gasteiger partial charge in [-0.15, -0.1) is 0 Å². The highest BCUT2D eigenvalue weighted by Crippen LogP contribution is 2.32. The van der Waals surface area contributed by atoms with Crippen molar-refractivity contribution in [1.29, 1.82) is 0 Å². The highest BCUT2D eigenvalue weighted by molar-refractivity contribution is 7.89. The van der Waals surface area contributed by atoms with Crippen molar-refractivity contribution in [3.05, 3.63) is 18.2 Å². The second-order valence-corrected chi connectivity index (χ2v) is 9.40. The van der Waals surface area contributed by atoms with Gasteiger partial charge in [0.15, 0.2) is 0 Å². The maximum absolute atomic E-state index is 12.9. The normalized spacial score (nSPS) is 19.1. The summed E-state index contributed by atoms with van der Waals surface area (Å²) in [5, 5.41) is 2.89. The molecule has 1 aliphatic heterocycles. The third-order valence-electron chi connectivity index (χ3n) is 5.43. The minimum atomic E-state index is -3.55. The van der Waals surface area contributed by atoms with Gasteiger partial charge in [0, 0.05) is 19.5 Å². The average Bonchev–Trinajstić information content (AvgIpc) is 3.17. The summed E-state index contributed by atoms with van der Waals surface area (Å²) in [4.78, 5) is 12.7. The molecule has 0 bridgehead atoms. The third kappa shape index (κ3) is 5.02. The summed E-state index contributed by atoms with van der Waals surface area (Å²) in [6.45, 7) is 3.42. The molecule has 0 unspecified atom stereocenters. The first-order chi connectivity index (χ1) is 13.0. The Labute approximate surface area is 162 Å². The van der Waals surface area contributed by atoms with Gasteiger partial charge in [0.2, 0.25) is 15.9 Å². The van der Waals surface area contributed by atoms with E-state index in [4.69, 9.17) is 4.74 Å². The van der Waals surface area contributed by atoms with Gasteiger partial charge in [-0.3, -0.25) is 4.79 Å². The quantitative estimate of drug-likeness (QED) is 0.764. The van der Waals surface area contributed by atoms with Crippen LogP contribution in [0, 0.1) is 5.92 Å². The third-order valence-corrected chi connectivity index (χ3v) is 7.32. The number of ether oxygens (including phenoxy) is 1. The zero-order chi connectivity index (χ0) is 19.3. The Bertz CT molecular complexity index is 751. The number of nitrogens with one attached hydrogen (secondary N) is 1. The Morgan fingerprint density at radius 3 is 2.52 bits per heavy atom. The van der Waals surface area contributed by atoms with E-state index in [-0.39, 0.29) is 10.8 Å². The zero-order valence-electron chi connectivity index (χ0n) is 16.1. The molecule has 0 radical (unpaired) electrons. The molecule has 1 aromatic rings. The second-order valence-electron chi connectivity index (χ2n) is 7.46. The van der Waals surface area contributed by atoms with Gasteiger partial charge in [-0.05, 0) is 56.7 Å². The number of rotatable bonds is 7. The summed E-state index contributed by atoms with van der Waals surface area (Å²) >= 11 is 0. The molecule has 0 atom stereocenters. The fourth-order valence-corrected chi connectivity index (χ4v) is 5.52. The number of anilines is 1. The Morgan fingerprint density at radius 2 is 1.85 bits per heavy atom. The number of piperidine rings is 1. The van der Waals surface area contributed by atoms with Crippen molar-refractivity contribution in [2.75, 3.05) is 25.0 Å². The number of benzene rings is 1. The molecule has 1 saturated heterocycles. The molecule has 6 nitrogen and oxygen atoms in total. The van der Waals surface area contributed by atoms with Gasteiger partial charge in [-0.2, -0.15) is 4.31 Å². The van der Waals surface area contributed by atoms with Crippen LogP contribution in [0.4, 0.5) is 5.69 Å². The van der Waals surface area contributed by atoms with Crippen molar-refractivity contribution in [2.45, 2.75) is 63.2 Å². The van der Waals surface area contributed by atoms with Crippen LogP contribution in [0.15, 0.2) is 23.1 Å². The molecule has 1 amide bonds. The molecule has 27 heavy (non-hydrogen) atoms. The Kier molecular flexibility index (Phi) is 6.76. The smallest absolute Gasteiger partial charge is 0.243 e. The molecule has 7 heteroatoms. The molecule has 2 aliphatic rings. The molecular weight excluding hydrogens is 364 g/mol. The minimum absolute atomic E-state index is 0.0737. The summed E-state index contributed by atoms with van der Waals surface area (Å²) in [6, 6.07) is 4.76. The number of nitrogens with zero attached hydrogens (tertiary/aromatic N) is 1. The lowest BCUT2D eigenvalue weighted by atomic mass is 10.0. The van der Waals surface area contributed by atoms with E-state index in [1.807, 2.05) is 6.92 Å². The molecular formula is C20H30N2O4S. The summed E-state index contributed by atoms with van der Waals surface area (Å²) in [5.41, 5.74) is 0.443. The van der Waals surface area contributed by atoms with Gasteiger partial charge in [0.25, 0.3) is 0 Å². The minimum Gasteiger partial charge on any atom is -0.492 e. The van der Waals surface area contributed by atoms with Crippen molar-refractivity contribution < 1.29 is 17.9 Å². The van der Waals surface area contributed by atoms with E-state index >= 15 is 0 Å². The molecule has 1 aromatic carbocycles. The van der Waals surface area contributed by atoms with Crippen molar-refractivity contribution >= 4 is 21.6 Å². The van der Waals surface area contributed by atoms with Crippen LogP contribution < -0.4 is 10.1 Å². The summed E-state index contributed by atoms with van der Waals surface area (Å²) in [7, 11) is -3.55. The standard InChI is InChI=1S/C20H30N2O4S/c1-2-26-19-11-10-17(27(24,25)22-12-6-3-7-13-22)15-18(19)21-20(23)14-16-8-4-5-9-16/h10-11,15-16H,2-9,12-14H2,1H3,(H,21,23). The van der Waals surface area contributed by atoms with Gasteiger partial charge >= 0.3 is 0 Å². The maximum atomic E-state index is 12.9. The van der Waals surface area contributed by atoms with Gasteiger partial charge in [-0.1, -0.05) is 19.3 Å². The average molecular weight is 395 g/mol. The predicted octanol–water partition coefficient (Wildman–Crippen LogP) is 3.78. The van der Waals surface area contributed by atoms with E-state index in [1.165, 1.54) is 17.1 Å². The van der Waals surface area contributed by atoms with E-state index in [0.717, 1.165) is 32.1 Å². The molecule has 0 spiro atoms. The van der Waals surface area contributed by atoms with Gasteiger partial charge in [0.1, 0.15) is 5.75 Å². The Morgan fingerprint density at radius 1 is 1.15 bits per heavy atom. The molecule has 1 N–H and O–H groups in total. The van der Waals surface area contributed by atoms with Crippen LogP contribution in [-0.4, -0.2) is 38.3 Å². The molecule has 1 heterocycles. The fraction of sp³-hybridized carbons (Fsp3) is 0.650. The van der Waals surface area contributed by atoms with Crippen molar-refractivity contribution in [3.8, 4) is 5.75 Å². The monoisotopic (exact) mass is 394 g/mol. The van der Waals surface area contributed by atoms with Crippen LogP contribution >= 0.6 is 0 Å². The summed E-state index contributed by atoms with van der Waals surface area (Å²) in [5.74, 6) is 0.867. The Hall–Kier alpha value is -1.60. The zero-order valence-corrected chi connectivity index (χ0v) is 16.9. The Balaban J connectivity index is 1.80. The van der Waals surface area contributed by atoms with Crippen LogP contribution in [0.25, 0.3) is 0 Å². The number of carbonyl (C=O) groups is 1. The number of hydrogen-bond acceptors (Lipinski definition) is 4. The highest BCUT2D eigenvalue weighted by atomic mass is 32.2. The van der Waals surface area contributed by atoms with Gasteiger partial charge in [0.05, 0.1) is 17.2 Å². The summed E-state index contributed by atoms with van der Waals surface area (Å²) in [6.07, 6.45) is 7.89. The van der Waals surface area contributed by atoms with Crippen LogP contribution in [0.2, 0.25) is 0 Å². The topological polar surface area (TPSA) is 75.7 Å². The first kappa shape index (κ1) is 20.1. The lowest BCUT2D eigenvalue weighted by molar-refractivity contribution is -0.117. The van der Waals surface area contributed by atoms with E-state index in [2.05, 4.69) is 5.32 Å². The van der Waals surface area contributed by atoms with E-state index in [1.54, 1.807) is 18.2 Å². The van der Waals surface area contributed by atoms with E-state index < -0.39 is 10.0 Å². The lowest BCUT2D eigenvalue weighted by Crippen LogP contribution is -2.35. The number of carbonyl (C=O) groups excluding carboxylic acids is 1. The van der Waals surface area contributed by atoms with Crippen LogP contribution in [0.5, 0.6) is 5.75 Å². The summed E-state index contributed by atoms with van der Waals surface area (Å²) < 4.78 is 33.0. The SMILES string of the molecule is CCOc1ccc(S(=O)(=O)N2CCCCC2)cc1NC(=O)CC1CCCC1. The largest absolute Gasteiger partial charge is 0.492 e. The number of hydrogen-bond donors (Lipinski definition) is 1. The molecule has 150 valence electrons. The van der Waals surface area contributed by atoms with E-state index in [0.29, 0.717) is 43.5 Å². The molecule has 1 saturated carbocycles. The van der Waals surface area contributed by atoms with Crippen molar-refractivity contribution in [3.63, 3.8) is 0 Å². The van der Waals surface area contributed by atoms with Gasteiger partial charge in [-0.25, -0.2) is 8.42 Å². The first-order valence-corrected chi connectivity index (χ1v) is 11.5. The van der Waals surface area contributed by atoms with Crippen LogP contribution in [0.1, 0.15) is 58.3 Å². The predicted molar refractivity (Wildman–Crippen MR) is 105 cm³/mol. The number of amides is 1. The maximum Gasteiger partial charge on any atom is 0.243 e. The van der Waals surface area contributed by atoms with E-state index in [9.17, 15) is 13.2 Å². The van der Waals surface area contributed by atoms with Crippen molar-refractivity contribution in [2.24, 2.45) is 5.92 Å². The lowest BCUT2D eigenvalue weighted by Gasteiger charge is -2.26. The fourth-order valence-electron chi connectivity index (χ4n) is 3.98. The van der Waals surface area contributed by atoms with Crippen LogP contribution in [-0.2, 0) is 14.8 Å². The molecule has 3 rings (SSSR count). The molecule has 0 aromatic heterocycles. The highest BCUT2D eigenvalue weighted by Gasteiger charge is 2.27. The number of sulfonamides is 1. The van der Waals surface area contributed by atoms with Gasteiger partial charge < -0.3 is 10.1 Å². The first-order valence-electron chi connectivity index (χ1n) is 10.1. The van der Waals surface area contributed by atoms with Crippen molar-refractivity contribution in [1.82, 2.24) is 4.31 Å². The molecule has 2 fully saturated rings.